The first kappa shape index (κ1) is 13.3. The summed E-state index contributed by atoms with van der Waals surface area (Å²) in [6.45, 7) is 1.03. The molecule has 0 aliphatic carbocycles. The fraction of sp³-hybridized carbons (Fsp3) is 0.286. The number of amides is 1. The number of nitrogens with zero attached hydrogens (tertiary/aromatic N) is 3. The summed E-state index contributed by atoms with van der Waals surface area (Å²) in [4.78, 5) is 13.9. The molecule has 2 N–H and O–H groups in total. The van der Waals surface area contributed by atoms with Crippen molar-refractivity contribution in [1.82, 2.24) is 14.7 Å². The van der Waals surface area contributed by atoms with Gasteiger partial charge in [-0.25, -0.2) is 0 Å². The molecule has 0 saturated carbocycles. The Hall–Kier alpha value is -2.14. The number of aryl methyl sites for hydroxylation is 1. The summed E-state index contributed by atoms with van der Waals surface area (Å²) in [5, 5.41) is 4.09. The van der Waals surface area contributed by atoms with Gasteiger partial charge < -0.3 is 10.6 Å². The summed E-state index contributed by atoms with van der Waals surface area (Å²) >= 11 is 0. The van der Waals surface area contributed by atoms with Crippen LogP contribution in [-0.2, 0) is 20.1 Å². The van der Waals surface area contributed by atoms with Gasteiger partial charge in [-0.05, 0) is 17.7 Å². The van der Waals surface area contributed by atoms with Gasteiger partial charge in [0.25, 0.3) is 5.91 Å². The van der Waals surface area contributed by atoms with Gasteiger partial charge in [0.2, 0.25) is 0 Å². The molecule has 5 nitrogen and oxygen atoms in total. The molecule has 0 atom stereocenters. The van der Waals surface area contributed by atoms with Crippen molar-refractivity contribution in [2.75, 3.05) is 7.05 Å². The Morgan fingerprint density at radius 3 is 2.53 bits per heavy atom. The van der Waals surface area contributed by atoms with Crippen LogP contribution < -0.4 is 5.73 Å². The van der Waals surface area contributed by atoms with E-state index in [1.54, 1.807) is 22.8 Å². The van der Waals surface area contributed by atoms with E-state index in [0.29, 0.717) is 18.7 Å². The second kappa shape index (κ2) is 5.67. The summed E-state index contributed by atoms with van der Waals surface area (Å²) in [6.07, 6.45) is 3.67. The van der Waals surface area contributed by atoms with Gasteiger partial charge in [0.05, 0.1) is 6.20 Å². The van der Waals surface area contributed by atoms with Crippen molar-refractivity contribution in [1.29, 1.82) is 0 Å². The smallest absolute Gasteiger partial charge is 0.253 e. The van der Waals surface area contributed by atoms with E-state index in [2.05, 4.69) is 5.10 Å². The maximum atomic E-state index is 12.2. The SMILES string of the molecule is CN(Cc1cnn(C)c1)C(=O)c1ccc(CN)cc1. The van der Waals surface area contributed by atoms with Gasteiger partial charge in [-0.3, -0.25) is 9.48 Å². The third-order valence-corrected chi connectivity index (χ3v) is 2.96. The third-order valence-electron chi connectivity index (χ3n) is 2.96. The van der Waals surface area contributed by atoms with Crippen LogP contribution in [0.2, 0.25) is 0 Å². The van der Waals surface area contributed by atoms with Crippen LogP contribution in [0.25, 0.3) is 0 Å². The molecule has 0 spiro atoms. The number of rotatable bonds is 4. The standard InChI is InChI=1S/C14H18N4O/c1-17(9-12-8-16-18(2)10-12)14(19)13-5-3-11(7-15)4-6-13/h3-6,8,10H,7,9,15H2,1-2H3. The minimum absolute atomic E-state index is 0.00701. The Labute approximate surface area is 112 Å². The molecule has 1 heterocycles. The molecule has 2 rings (SSSR count). The summed E-state index contributed by atoms with van der Waals surface area (Å²) < 4.78 is 1.73. The zero-order chi connectivity index (χ0) is 13.8. The number of benzene rings is 1. The molecule has 1 aromatic heterocycles. The van der Waals surface area contributed by atoms with Gasteiger partial charge in [-0.1, -0.05) is 12.1 Å². The number of nitrogens with two attached hydrogens (primary N) is 1. The molecule has 1 amide bonds. The highest BCUT2D eigenvalue weighted by Crippen LogP contribution is 2.09. The highest BCUT2D eigenvalue weighted by Gasteiger charge is 2.12. The van der Waals surface area contributed by atoms with E-state index in [1.165, 1.54) is 0 Å². The van der Waals surface area contributed by atoms with E-state index in [1.807, 2.05) is 37.5 Å². The first-order valence-corrected chi connectivity index (χ1v) is 6.12. The fourth-order valence-corrected chi connectivity index (χ4v) is 1.90. The molecule has 0 aliphatic rings. The van der Waals surface area contributed by atoms with Crippen LogP contribution in [0.1, 0.15) is 21.5 Å². The molecular formula is C14H18N4O. The Bertz CT molecular complexity index is 559. The van der Waals surface area contributed by atoms with Crippen LogP contribution >= 0.6 is 0 Å². The van der Waals surface area contributed by atoms with Crippen LogP contribution in [0.3, 0.4) is 0 Å². The van der Waals surface area contributed by atoms with Crippen molar-refractivity contribution < 1.29 is 4.79 Å². The van der Waals surface area contributed by atoms with Crippen molar-refractivity contribution in [3.63, 3.8) is 0 Å². The fourth-order valence-electron chi connectivity index (χ4n) is 1.90. The molecule has 1 aromatic carbocycles. The Morgan fingerprint density at radius 1 is 1.32 bits per heavy atom. The zero-order valence-corrected chi connectivity index (χ0v) is 11.2. The molecule has 0 unspecified atom stereocenters. The molecule has 2 aromatic rings. The molecule has 19 heavy (non-hydrogen) atoms. The molecular weight excluding hydrogens is 240 g/mol. The van der Waals surface area contributed by atoms with Crippen molar-refractivity contribution in [2.45, 2.75) is 13.1 Å². The highest BCUT2D eigenvalue weighted by atomic mass is 16.2. The number of carbonyl (C=O) groups is 1. The normalized spacial score (nSPS) is 10.5. The van der Waals surface area contributed by atoms with Gasteiger partial charge >= 0.3 is 0 Å². The Kier molecular flexibility index (Phi) is 3.97. The van der Waals surface area contributed by atoms with Gasteiger partial charge in [0.1, 0.15) is 0 Å². The van der Waals surface area contributed by atoms with Gasteiger partial charge in [-0.2, -0.15) is 5.10 Å². The highest BCUT2D eigenvalue weighted by molar-refractivity contribution is 5.94. The van der Waals surface area contributed by atoms with Crippen LogP contribution in [0, 0.1) is 0 Å². The minimum atomic E-state index is -0.00701. The van der Waals surface area contributed by atoms with E-state index in [4.69, 9.17) is 5.73 Å². The van der Waals surface area contributed by atoms with Crippen molar-refractivity contribution in [3.05, 3.63) is 53.3 Å². The quantitative estimate of drug-likeness (QED) is 0.894. The zero-order valence-electron chi connectivity index (χ0n) is 11.2. The molecule has 0 radical (unpaired) electrons. The summed E-state index contributed by atoms with van der Waals surface area (Å²) in [5.41, 5.74) is 8.24. The molecule has 100 valence electrons. The van der Waals surface area contributed by atoms with Crippen molar-refractivity contribution in [2.24, 2.45) is 12.8 Å². The predicted molar refractivity (Wildman–Crippen MR) is 73.3 cm³/mol. The average molecular weight is 258 g/mol. The monoisotopic (exact) mass is 258 g/mol. The Morgan fingerprint density at radius 2 is 2.00 bits per heavy atom. The first-order chi connectivity index (χ1) is 9.10. The maximum absolute atomic E-state index is 12.2. The van der Waals surface area contributed by atoms with Crippen LogP contribution in [0.15, 0.2) is 36.7 Å². The van der Waals surface area contributed by atoms with Crippen LogP contribution in [0.5, 0.6) is 0 Å². The number of hydrogen-bond acceptors (Lipinski definition) is 3. The van der Waals surface area contributed by atoms with E-state index in [-0.39, 0.29) is 5.91 Å². The maximum Gasteiger partial charge on any atom is 0.253 e. The largest absolute Gasteiger partial charge is 0.337 e. The summed E-state index contributed by atoms with van der Waals surface area (Å²) in [5.74, 6) is -0.00701. The van der Waals surface area contributed by atoms with E-state index < -0.39 is 0 Å². The summed E-state index contributed by atoms with van der Waals surface area (Å²) in [7, 11) is 3.64. The second-order valence-corrected chi connectivity index (χ2v) is 4.58. The molecule has 0 saturated heterocycles. The van der Waals surface area contributed by atoms with Gasteiger partial charge in [-0.15, -0.1) is 0 Å². The third kappa shape index (κ3) is 3.20. The van der Waals surface area contributed by atoms with Crippen molar-refractivity contribution in [3.8, 4) is 0 Å². The number of carbonyl (C=O) groups excluding carboxylic acids is 1. The van der Waals surface area contributed by atoms with Crippen LogP contribution in [-0.4, -0.2) is 27.6 Å². The first-order valence-electron chi connectivity index (χ1n) is 6.12. The van der Waals surface area contributed by atoms with Gasteiger partial charge in [0, 0.05) is 44.5 Å². The average Bonchev–Trinajstić information content (AvgIpc) is 2.83. The van der Waals surface area contributed by atoms with Crippen molar-refractivity contribution >= 4 is 5.91 Å². The summed E-state index contributed by atoms with van der Waals surface area (Å²) in [6, 6.07) is 7.38. The predicted octanol–water partition coefficient (Wildman–Crippen LogP) is 1.15. The molecule has 0 bridgehead atoms. The topological polar surface area (TPSA) is 64.2 Å². The van der Waals surface area contributed by atoms with E-state index >= 15 is 0 Å². The van der Waals surface area contributed by atoms with E-state index in [9.17, 15) is 4.79 Å². The van der Waals surface area contributed by atoms with Crippen LogP contribution in [0.4, 0.5) is 0 Å². The second-order valence-electron chi connectivity index (χ2n) is 4.58. The van der Waals surface area contributed by atoms with Gasteiger partial charge in [0.15, 0.2) is 0 Å². The van der Waals surface area contributed by atoms with E-state index in [0.717, 1.165) is 11.1 Å². The lowest BCUT2D eigenvalue weighted by Gasteiger charge is -2.16. The molecule has 5 heteroatoms. The lowest BCUT2D eigenvalue weighted by Crippen LogP contribution is -2.26. The molecule has 0 aliphatic heterocycles. The number of aromatic nitrogens is 2. The Balaban J connectivity index is 2.05. The minimum Gasteiger partial charge on any atom is -0.337 e. The molecule has 0 fully saturated rings. The lowest BCUT2D eigenvalue weighted by atomic mass is 10.1. The lowest BCUT2D eigenvalue weighted by molar-refractivity contribution is 0.0785. The number of hydrogen-bond donors (Lipinski definition) is 1.